The molecule has 2 aromatic rings. The van der Waals surface area contributed by atoms with Gasteiger partial charge in [0, 0.05) is 0 Å². The molecule has 0 spiro atoms. The van der Waals surface area contributed by atoms with Gasteiger partial charge in [-0.05, 0) is 48.4 Å². The molecule has 0 radical (unpaired) electrons. The first-order chi connectivity index (χ1) is 9.87. The van der Waals surface area contributed by atoms with E-state index >= 15 is 0 Å². The summed E-state index contributed by atoms with van der Waals surface area (Å²) in [6.45, 7) is 5.26. The van der Waals surface area contributed by atoms with Crippen LogP contribution in [-0.4, -0.2) is 31.3 Å². The van der Waals surface area contributed by atoms with Gasteiger partial charge in [0.05, 0.1) is 17.5 Å². The van der Waals surface area contributed by atoms with Crippen LogP contribution in [0.2, 0.25) is 0 Å². The molecule has 0 saturated carbocycles. The normalized spacial score (nSPS) is 13.9. The van der Waals surface area contributed by atoms with Crippen LogP contribution < -0.4 is 0 Å². The zero-order chi connectivity index (χ0) is 15.6. The second kappa shape index (κ2) is 5.59. The number of hydrogen-bond donors (Lipinski definition) is 1. The summed E-state index contributed by atoms with van der Waals surface area (Å²) < 4.78 is 15.4. The number of carboxylic acids is 1. The van der Waals surface area contributed by atoms with E-state index in [9.17, 15) is 14.3 Å². The Hall–Kier alpha value is -2.31. The van der Waals surface area contributed by atoms with E-state index in [0.29, 0.717) is 6.42 Å². The molecule has 1 heterocycles. The molecule has 112 valence electrons. The lowest BCUT2D eigenvalue weighted by atomic mass is 9.88. The molecule has 0 amide bonds. The molecule has 0 bridgehead atoms. The minimum absolute atomic E-state index is 0.0779. The second-order valence-corrected chi connectivity index (χ2v) is 5.36. The Balaban J connectivity index is 2.41. The number of aliphatic carboxylic acids is 1. The Bertz CT molecular complexity index is 671. The summed E-state index contributed by atoms with van der Waals surface area (Å²) in [5.41, 5.74) is 0.0410. The number of benzene rings is 1. The number of halogens is 1. The lowest BCUT2D eigenvalue weighted by Gasteiger charge is -2.22. The van der Waals surface area contributed by atoms with Crippen molar-refractivity contribution in [3.05, 3.63) is 29.6 Å². The fraction of sp³-hybridized carbons (Fsp3) is 0.429. The van der Waals surface area contributed by atoms with Gasteiger partial charge >= 0.3 is 5.97 Å². The van der Waals surface area contributed by atoms with E-state index in [2.05, 4.69) is 15.5 Å². The maximum Gasteiger partial charge on any atom is 0.311 e. The van der Waals surface area contributed by atoms with E-state index in [1.807, 2.05) is 0 Å². The Morgan fingerprint density at radius 3 is 2.76 bits per heavy atom. The molecule has 1 aromatic heterocycles. The number of rotatable bonds is 5. The zero-order valence-electron chi connectivity index (χ0n) is 12.2. The van der Waals surface area contributed by atoms with E-state index in [1.165, 1.54) is 10.7 Å². The maximum absolute atomic E-state index is 14.0. The smallest absolute Gasteiger partial charge is 0.311 e. The first-order valence-corrected chi connectivity index (χ1v) is 6.63. The van der Waals surface area contributed by atoms with Gasteiger partial charge in [-0.15, -0.1) is 5.10 Å². The van der Waals surface area contributed by atoms with Crippen LogP contribution in [0.25, 0.3) is 11.4 Å². The number of carbonyl (C=O) groups is 1. The Morgan fingerprint density at radius 1 is 1.48 bits per heavy atom. The molecule has 0 aliphatic heterocycles. The van der Waals surface area contributed by atoms with Crippen LogP contribution in [0.3, 0.4) is 0 Å². The number of aryl methyl sites for hydroxylation is 1. The molecule has 0 fully saturated rings. The van der Waals surface area contributed by atoms with Gasteiger partial charge in [-0.3, -0.25) is 4.79 Å². The molecule has 1 N–H and O–H groups in total. The fourth-order valence-electron chi connectivity index (χ4n) is 1.97. The molecule has 1 atom stereocenters. The second-order valence-electron chi connectivity index (χ2n) is 5.36. The molecule has 0 aliphatic rings. The quantitative estimate of drug-likeness (QED) is 0.914. The molecular weight excluding hydrogens is 275 g/mol. The van der Waals surface area contributed by atoms with Crippen LogP contribution in [-0.2, 0) is 11.3 Å². The van der Waals surface area contributed by atoms with Gasteiger partial charge < -0.3 is 5.11 Å². The number of tetrazole rings is 1. The van der Waals surface area contributed by atoms with Gasteiger partial charge in [-0.1, -0.05) is 13.0 Å². The van der Waals surface area contributed by atoms with Crippen LogP contribution in [0.1, 0.15) is 25.8 Å². The van der Waals surface area contributed by atoms with Gasteiger partial charge in [0.25, 0.3) is 0 Å². The molecule has 0 saturated heterocycles. The number of nitrogens with zero attached hydrogens (tertiary/aromatic N) is 4. The minimum atomic E-state index is -1.01. The first kappa shape index (κ1) is 15.1. The fourth-order valence-corrected chi connectivity index (χ4v) is 1.97. The van der Waals surface area contributed by atoms with Crippen molar-refractivity contribution in [2.75, 3.05) is 0 Å². The van der Waals surface area contributed by atoms with E-state index in [0.717, 1.165) is 5.56 Å². The van der Waals surface area contributed by atoms with Gasteiger partial charge in [0.2, 0.25) is 0 Å². The van der Waals surface area contributed by atoms with Crippen LogP contribution in [0.4, 0.5) is 4.39 Å². The Kier molecular flexibility index (Phi) is 4.02. The molecule has 1 unspecified atom stereocenters. The van der Waals surface area contributed by atoms with E-state index < -0.39 is 17.2 Å². The highest BCUT2D eigenvalue weighted by Gasteiger charge is 2.33. The van der Waals surface area contributed by atoms with Crippen molar-refractivity contribution in [1.82, 2.24) is 20.2 Å². The Labute approximate surface area is 121 Å². The first-order valence-electron chi connectivity index (χ1n) is 6.63. The lowest BCUT2D eigenvalue weighted by Crippen LogP contribution is -2.32. The highest BCUT2D eigenvalue weighted by Crippen LogP contribution is 2.27. The third-order valence-corrected chi connectivity index (χ3v) is 3.69. The summed E-state index contributed by atoms with van der Waals surface area (Å²) in [5, 5.41) is 20.5. The predicted octanol–water partition coefficient (Wildman–Crippen LogP) is 2.29. The average molecular weight is 292 g/mol. The van der Waals surface area contributed by atoms with E-state index in [-0.39, 0.29) is 17.9 Å². The van der Waals surface area contributed by atoms with Crippen molar-refractivity contribution in [1.29, 1.82) is 0 Å². The van der Waals surface area contributed by atoms with Gasteiger partial charge in [-0.2, -0.15) is 0 Å². The van der Waals surface area contributed by atoms with E-state index in [4.69, 9.17) is 0 Å². The highest BCUT2D eigenvalue weighted by atomic mass is 19.1. The topological polar surface area (TPSA) is 80.9 Å². The lowest BCUT2D eigenvalue weighted by molar-refractivity contribution is -0.149. The number of carboxylic acid groups (broad SMARTS) is 1. The van der Waals surface area contributed by atoms with Crippen LogP contribution in [0.5, 0.6) is 0 Å². The maximum atomic E-state index is 14.0. The summed E-state index contributed by atoms with van der Waals surface area (Å²) in [5.74, 6) is -1.14. The summed E-state index contributed by atoms with van der Waals surface area (Å²) in [6.07, 6.45) is 0.415. The highest BCUT2D eigenvalue weighted by molar-refractivity contribution is 5.74. The van der Waals surface area contributed by atoms with Crippen LogP contribution in [0.15, 0.2) is 18.2 Å². The SMILES string of the molecule is CCC(C)(Cn1nnnc1-c1ccc(C)cc1F)C(=O)O. The summed E-state index contributed by atoms with van der Waals surface area (Å²) in [4.78, 5) is 11.4. The zero-order valence-corrected chi connectivity index (χ0v) is 12.2. The van der Waals surface area contributed by atoms with Crippen molar-refractivity contribution in [3.8, 4) is 11.4 Å². The number of aromatic nitrogens is 4. The van der Waals surface area contributed by atoms with Crippen LogP contribution >= 0.6 is 0 Å². The average Bonchev–Trinajstić information content (AvgIpc) is 2.86. The van der Waals surface area contributed by atoms with E-state index in [1.54, 1.807) is 32.9 Å². The minimum Gasteiger partial charge on any atom is -0.481 e. The monoisotopic (exact) mass is 292 g/mol. The molecule has 7 heteroatoms. The Morgan fingerprint density at radius 2 is 2.19 bits per heavy atom. The van der Waals surface area contributed by atoms with Gasteiger partial charge in [-0.25, -0.2) is 9.07 Å². The molecular formula is C14H17FN4O2. The summed E-state index contributed by atoms with van der Waals surface area (Å²) >= 11 is 0. The summed E-state index contributed by atoms with van der Waals surface area (Å²) in [7, 11) is 0. The molecule has 1 aromatic carbocycles. The third-order valence-electron chi connectivity index (χ3n) is 3.69. The largest absolute Gasteiger partial charge is 0.481 e. The molecule has 2 rings (SSSR count). The van der Waals surface area contributed by atoms with Gasteiger partial charge in [0.1, 0.15) is 5.82 Å². The summed E-state index contributed by atoms with van der Waals surface area (Å²) in [6, 6.07) is 4.75. The third kappa shape index (κ3) is 2.91. The van der Waals surface area contributed by atoms with Crippen molar-refractivity contribution >= 4 is 5.97 Å². The molecule has 0 aliphatic carbocycles. The number of hydrogen-bond acceptors (Lipinski definition) is 4. The van der Waals surface area contributed by atoms with Crippen molar-refractivity contribution < 1.29 is 14.3 Å². The van der Waals surface area contributed by atoms with Crippen molar-refractivity contribution in [2.45, 2.75) is 33.7 Å². The van der Waals surface area contributed by atoms with Gasteiger partial charge in [0.15, 0.2) is 5.82 Å². The van der Waals surface area contributed by atoms with Crippen molar-refractivity contribution in [3.63, 3.8) is 0 Å². The van der Waals surface area contributed by atoms with Crippen molar-refractivity contribution in [2.24, 2.45) is 5.41 Å². The van der Waals surface area contributed by atoms with Crippen LogP contribution in [0, 0.1) is 18.2 Å². The molecule has 21 heavy (non-hydrogen) atoms. The molecule has 6 nitrogen and oxygen atoms in total. The predicted molar refractivity (Wildman–Crippen MR) is 74.0 cm³/mol. The standard InChI is InChI=1S/C14H17FN4O2/c1-4-14(3,13(20)21)8-19-12(16-17-18-19)10-6-5-9(2)7-11(10)15/h5-7H,4,8H2,1-3H3,(H,20,21).